The van der Waals surface area contributed by atoms with Crippen molar-refractivity contribution in [2.24, 2.45) is 5.92 Å². The van der Waals surface area contributed by atoms with Gasteiger partial charge in [0.25, 0.3) is 5.91 Å². The molecule has 0 unspecified atom stereocenters. The highest BCUT2D eigenvalue weighted by atomic mass is 33.1. The van der Waals surface area contributed by atoms with Crippen LogP contribution in [-0.2, 0) is 9.59 Å². The van der Waals surface area contributed by atoms with Crippen LogP contribution in [0.2, 0.25) is 0 Å². The van der Waals surface area contributed by atoms with Crippen LogP contribution in [0, 0.1) is 5.92 Å². The van der Waals surface area contributed by atoms with Crippen LogP contribution in [0.4, 0.5) is 5.69 Å². The molecule has 2 amide bonds. The van der Waals surface area contributed by atoms with E-state index >= 15 is 0 Å². The number of nitrogens with one attached hydrogen (secondary N) is 2. The Kier molecular flexibility index (Phi) is 10.1. The fraction of sp³-hybridized carbons (Fsp3) is 0.471. The highest BCUT2D eigenvalue weighted by Gasteiger charge is 2.13. The fourth-order valence-corrected chi connectivity index (χ4v) is 3.80. The van der Waals surface area contributed by atoms with Gasteiger partial charge in [-0.2, -0.15) is 0 Å². The third kappa shape index (κ3) is 9.40. The van der Waals surface area contributed by atoms with Gasteiger partial charge in [-0.25, -0.2) is 0 Å². The lowest BCUT2D eigenvalue weighted by Gasteiger charge is -2.12. The standard InChI is InChI=1S/C17H24N2O4S2/c1-12(2)11-15(20)19-14-6-4-3-5-13(14)17(23)18-8-10-25-24-9-7-16(21)22/h3-6,12H,7-11H2,1-2H3,(H,18,23)(H,19,20)(H,21,22). The normalized spacial score (nSPS) is 10.5. The maximum Gasteiger partial charge on any atom is 0.304 e. The number of anilines is 1. The Morgan fingerprint density at radius 1 is 1.12 bits per heavy atom. The lowest BCUT2D eigenvalue weighted by Crippen LogP contribution is -2.27. The van der Waals surface area contributed by atoms with Crippen molar-refractivity contribution in [1.29, 1.82) is 0 Å². The first-order valence-corrected chi connectivity index (χ1v) is 10.5. The number of aliphatic carboxylic acids is 1. The smallest absolute Gasteiger partial charge is 0.304 e. The fourth-order valence-electron chi connectivity index (χ4n) is 1.91. The predicted octanol–water partition coefficient (Wildman–Crippen LogP) is 3.26. The van der Waals surface area contributed by atoms with Crippen molar-refractivity contribution in [3.05, 3.63) is 29.8 Å². The van der Waals surface area contributed by atoms with E-state index in [1.165, 1.54) is 21.6 Å². The van der Waals surface area contributed by atoms with E-state index in [0.29, 0.717) is 35.7 Å². The van der Waals surface area contributed by atoms with Crippen LogP contribution in [0.3, 0.4) is 0 Å². The van der Waals surface area contributed by atoms with Crippen molar-refractivity contribution in [3.63, 3.8) is 0 Å². The van der Waals surface area contributed by atoms with Gasteiger partial charge in [0.2, 0.25) is 5.91 Å². The number of carbonyl (C=O) groups excluding carboxylic acids is 2. The first-order valence-electron chi connectivity index (χ1n) is 8.03. The molecule has 0 bridgehead atoms. The predicted molar refractivity (Wildman–Crippen MR) is 104 cm³/mol. The summed E-state index contributed by atoms with van der Waals surface area (Å²) in [6.07, 6.45) is 0.535. The van der Waals surface area contributed by atoms with Crippen LogP contribution < -0.4 is 10.6 Å². The number of hydrogen-bond acceptors (Lipinski definition) is 5. The summed E-state index contributed by atoms with van der Waals surface area (Å²) in [7, 11) is 3.00. The molecule has 0 radical (unpaired) electrons. The molecule has 1 rings (SSSR count). The van der Waals surface area contributed by atoms with Crippen LogP contribution >= 0.6 is 21.6 Å². The van der Waals surface area contributed by atoms with Crippen LogP contribution in [0.5, 0.6) is 0 Å². The van der Waals surface area contributed by atoms with Crippen LogP contribution in [0.1, 0.15) is 37.0 Å². The molecule has 1 aromatic carbocycles. The quantitative estimate of drug-likeness (QED) is 0.400. The number of amides is 2. The summed E-state index contributed by atoms with van der Waals surface area (Å²) in [4.78, 5) is 34.6. The van der Waals surface area contributed by atoms with Gasteiger partial charge in [0.1, 0.15) is 0 Å². The molecule has 0 saturated carbocycles. The van der Waals surface area contributed by atoms with Gasteiger partial charge < -0.3 is 15.7 Å². The van der Waals surface area contributed by atoms with Crippen LogP contribution in [0.25, 0.3) is 0 Å². The number of carbonyl (C=O) groups is 3. The molecular formula is C17H24N2O4S2. The van der Waals surface area contributed by atoms with Crippen molar-refractivity contribution in [1.82, 2.24) is 5.32 Å². The molecule has 0 aliphatic rings. The van der Waals surface area contributed by atoms with Gasteiger partial charge in [0.15, 0.2) is 0 Å². The minimum Gasteiger partial charge on any atom is -0.481 e. The number of carboxylic acid groups (broad SMARTS) is 1. The van der Waals surface area contributed by atoms with E-state index < -0.39 is 5.97 Å². The van der Waals surface area contributed by atoms with Crippen molar-refractivity contribution < 1.29 is 19.5 Å². The van der Waals surface area contributed by atoms with Gasteiger partial charge >= 0.3 is 5.97 Å². The maximum atomic E-state index is 12.3. The molecule has 0 spiro atoms. The second-order valence-corrected chi connectivity index (χ2v) is 8.44. The van der Waals surface area contributed by atoms with Crippen LogP contribution in [0.15, 0.2) is 24.3 Å². The molecule has 138 valence electrons. The zero-order valence-electron chi connectivity index (χ0n) is 14.4. The molecule has 1 aromatic rings. The first-order chi connectivity index (χ1) is 11.9. The lowest BCUT2D eigenvalue weighted by atomic mass is 10.1. The molecule has 0 fully saturated rings. The zero-order chi connectivity index (χ0) is 18.7. The summed E-state index contributed by atoms with van der Waals surface area (Å²) in [5.41, 5.74) is 0.942. The Morgan fingerprint density at radius 3 is 2.48 bits per heavy atom. The van der Waals surface area contributed by atoms with Gasteiger partial charge in [-0.3, -0.25) is 14.4 Å². The Labute approximate surface area is 155 Å². The van der Waals surface area contributed by atoms with Gasteiger partial charge in [-0.15, -0.1) is 0 Å². The summed E-state index contributed by atoms with van der Waals surface area (Å²) in [6, 6.07) is 6.92. The third-order valence-corrected chi connectivity index (χ3v) is 5.40. The van der Waals surface area contributed by atoms with E-state index in [4.69, 9.17) is 5.11 Å². The SMILES string of the molecule is CC(C)CC(=O)Nc1ccccc1C(=O)NCCSSCCC(=O)O. The highest BCUT2D eigenvalue weighted by molar-refractivity contribution is 8.76. The molecule has 3 N–H and O–H groups in total. The summed E-state index contributed by atoms with van der Waals surface area (Å²) >= 11 is 0. The van der Waals surface area contributed by atoms with Gasteiger partial charge in [0.05, 0.1) is 17.7 Å². The highest BCUT2D eigenvalue weighted by Crippen LogP contribution is 2.21. The van der Waals surface area contributed by atoms with Crippen LogP contribution in [-0.4, -0.2) is 40.9 Å². The average Bonchev–Trinajstić information content (AvgIpc) is 2.53. The van der Waals surface area contributed by atoms with E-state index in [0.717, 1.165) is 0 Å². The monoisotopic (exact) mass is 384 g/mol. The van der Waals surface area contributed by atoms with E-state index in [2.05, 4.69) is 10.6 Å². The molecule has 8 heteroatoms. The number of rotatable bonds is 11. The second-order valence-electron chi connectivity index (χ2n) is 5.74. The second kappa shape index (κ2) is 11.8. The number of hydrogen-bond donors (Lipinski definition) is 3. The Balaban J connectivity index is 2.42. The average molecular weight is 385 g/mol. The van der Waals surface area contributed by atoms with E-state index in [-0.39, 0.29) is 24.2 Å². The molecular weight excluding hydrogens is 360 g/mol. The van der Waals surface area contributed by atoms with Gasteiger partial charge in [-0.05, 0) is 18.1 Å². The maximum absolute atomic E-state index is 12.3. The summed E-state index contributed by atoms with van der Waals surface area (Å²) in [5.74, 6) is 0.308. The Morgan fingerprint density at radius 2 is 1.80 bits per heavy atom. The molecule has 0 atom stereocenters. The molecule has 0 aliphatic carbocycles. The third-order valence-electron chi connectivity index (χ3n) is 2.99. The molecule has 25 heavy (non-hydrogen) atoms. The summed E-state index contributed by atoms with van der Waals surface area (Å²) in [5, 5.41) is 14.1. The Hall–Kier alpha value is -1.67. The number of para-hydroxylation sites is 1. The first kappa shape index (κ1) is 21.4. The molecule has 6 nitrogen and oxygen atoms in total. The largest absolute Gasteiger partial charge is 0.481 e. The minimum atomic E-state index is -0.808. The molecule has 0 saturated heterocycles. The molecule has 0 heterocycles. The van der Waals surface area contributed by atoms with Gasteiger partial charge in [-0.1, -0.05) is 47.6 Å². The molecule has 0 aromatic heterocycles. The lowest BCUT2D eigenvalue weighted by molar-refractivity contribution is -0.136. The summed E-state index contributed by atoms with van der Waals surface area (Å²) in [6.45, 7) is 4.40. The molecule has 0 aliphatic heterocycles. The van der Waals surface area contributed by atoms with Gasteiger partial charge in [0, 0.05) is 24.5 Å². The minimum absolute atomic E-state index is 0.111. The van der Waals surface area contributed by atoms with E-state index in [1.54, 1.807) is 24.3 Å². The topological polar surface area (TPSA) is 95.5 Å². The number of benzene rings is 1. The van der Waals surface area contributed by atoms with Crippen molar-refractivity contribution >= 4 is 45.1 Å². The summed E-state index contributed by atoms with van der Waals surface area (Å²) < 4.78 is 0. The van der Waals surface area contributed by atoms with Crippen molar-refractivity contribution in [3.8, 4) is 0 Å². The number of carboxylic acids is 1. The zero-order valence-corrected chi connectivity index (χ0v) is 16.0. The Bertz CT molecular complexity index is 594. The van der Waals surface area contributed by atoms with E-state index in [9.17, 15) is 14.4 Å². The van der Waals surface area contributed by atoms with Crippen molar-refractivity contribution in [2.45, 2.75) is 26.7 Å². The van der Waals surface area contributed by atoms with E-state index in [1.807, 2.05) is 13.8 Å². The van der Waals surface area contributed by atoms with Crippen molar-refractivity contribution in [2.75, 3.05) is 23.4 Å².